The quantitative estimate of drug-likeness (QED) is 0.673. The van der Waals surface area contributed by atoms with Gasteiger partial charge in [0.25, 0.3) is 0 Å². The zero-order valence-corrected chi connectivity index (χ0v) is 10.8. The molecule has 3 rings (SSSR count). The van der Waals surface area contributed by atoms with Gasteiger partial charge < -0.3 is 0 Å². The van der Waals surface area contributed by atoms with Gasteiger partial charge in [-0.05, 0) is 11.1 Å². The minimum absolute atomic E-state index is 0.688. The van der Waals surface area contributed by atoms with Gasteiger partial charge in [0.2, 0.25) is 0 Å². The second kappa shape index (κ2) is 5.89. The Morgan fingerprint density at radius 2 is 1.40 bits per heavy atom. The van der Waals surface area contributed by atoms with Crippen LogP contribution in [0.4, 0.5) is 0 Å². The Labute approximate surface area is 117 Å². The van der Waals surface area contributed by atoms with Gasteiger partial charge in [-0.2, -0.15) is 0 Å². The molecule has 3 heteroatoms. The molecule has 1 aromatic heterocycles. The van der Waals surface area contributed by atoms with Crippen molar-refractivity contribution in [2.24, 2.45) is 0 Å². The van der Waals surface area contributed by atoms with Crippen molar-refractivity contribution in [2.75, 3.05) is 0 Å². The van der Waals surface area contributed by atoms with Gasteiger partial charge in [0.15, 0.2) is 5.82 Å². The summed E-state index contributed by atoms with van der Waals surface area (Å²) in [6.07, 6.45) is 7.19. The van der Waals surface area contributed by atoms with Crippen LogP contribution in [0.5, 0.6) is 0 Å². The van der Waals surface area contributed by atoms with Crippen molar-refractivity contribution < 1.29 is 0 Å². The Morgan fingerprint density at radius 3 is 2.20 bits per heavy atom. The normalized spacial score (nSPS) is 10.8. The Morgan fingerprint density at radius 1 is 0.700 bits per heavy atom. The molecule has 96 valence electrons. The summed E-state index contributed by atoms with van der Waals surface area (Å²) in [5.74, 6) is 0.688. The molecule has 0 radical (unpaired) electrons. The topological polar surface area (TPSA) is 38.7 Å². The summed E-state index contributed by atoms with van der Waals surface area (Å²) in [7, 11) is 0. The second-order valence-electron chi connectivity index (χ2n) is 4.29. The van der Waals surface area contributed by atoms with Crippen LogP contribution in [0.15, 0.2) is 67.3 Å². The number of rotatable bonds is 3. The molecule has 2 aromatic carbocycles. The SMILES string of the molecule is C(=Cc1ccccc1-c1ncncn1)c1ccccc1. The molecule has 0 unspecified atom stereocenters. The van der Waals surface area contributed by atoms with Crippen LogP contribution in [0, 0.1) is 0 Å². The third-order valence-electron chi connectivity index (χ3n) is 2.95. The maximum atomic E-state index is 4.21. The third-order valence-corrected chi connectivity index (χ3v) is 2.95. The lowest BCUT2D eigenvalue weighted by molar-refractivity contribution is 1.06. The molecule has 0 fully saturated rings. The molecule has 0 aliphatic heterocycles. The van der Waals surface area contributed by atoms with Crippen LogP contribution < -0.4 is 0 Å². The van der Waals surface area contributed by atoms with Gasteiger partial charge in [0.05, 0.1) is 0 Å². The number of nitrogens with zero attached hydrogens (tertiary/aromatic N) is 3. The van der Waals surface area contributed by atoms with E-state index in [-0.39, 0.29) is 0 Å². The first-order valence-electron chi connectivity index (χ1n) is 6.38. The highest BCUT2D eigenvalue weighted by atomic mass is 15.0. The van der Waals surface area contributed by atoms with Crippen molar-refractivity contribution in [1.29, 1.82) is 0 Å². The number of hydrogen-bond acceptors (Lipinski definition) is 3. The lowest BCUT2D eigenvalue weighted by atomic mass is 10.1. The third kappa shape index (κ3) is 2.78. The lowest BCUT2D eigenvalue weighted by Gasteiger charge is -2.03. The minimum Gasteiger partial charge on any atom is -0.225 e. The molecule has 3 nitrogen and oxygen atoms in total. The van der Waals surface area contributed by atoms with Crippen LogP contribution in [-0.2, 0) is 0 Å². The van der Waals surface area contributed by atoms with Crippen molar-refractivity contribution >= 4 is 12.2 Å². The van der Waals surface area contributed by atoms with Crippen molar-refractivity contribution in [3.05, 3.63) is 78.4 Å². The van der Waals surface area contributed by atoms with Gasteiger partial charge in [-0.3, -0.25) is 0 Å². The molecule has 0 atom stereocenters. The van der Waals surface area contributed by atoms with Gasteiger partial charge in [0, 0.05) is 5.56 Å². The van der Waals surface area contributed by atoms with Gasteiger partial charge in [0.1, 0.15) is 12.7 Å². The van der Waals surface area contributed by atoms with E-state index in [0.717, 1.165) is 16.7 Å². The standard InChI is InChI=1S/C17H13N3/c1-2-6-14(7-3-1)10-11-15-8-4-5-9-16(15)17-19-12-18-13-20-17/h1-13H. The maximum Gasteiger partial charge on any atom is 0.163 e. The molecular formula is C17H13N3. The summed E-state index contributed by atoms with van der Waals surface area (Å²) in [6.45, 7) is 0. The first kappa shape index (κ1) is 12.2. The zero-order valence-electron chi connectivity index (χ0n) is 10.8. The summed E-state index contributed by atoms with van der Waals surface area (Å²) in [5.41, 5.74) is 3.25. The molecule has 1 heterocycles. The van der Waals surface area contributed by atoms with Crippen molar-refractivity contribution in [3.8, 4) is 11.4 Å². The van der Waals surface area contributed by atoms with Crippen LogP contribution in [0.25, 0.3) is 23.5 Å². The number of benzene rings is 2. The molecular weight excluding hydrogens is 246 g/mol. The van der Waals surface area contributed by atoms with E-state index >= 15 is 0 Å². The molecule has 0 amide bonds. The van der Waals surface area contributed by atoms with Crippen molar-refractivity contribution in [2.45, 2.75) is 0 Å². The molecule has 0 N–H and O–H groups in total. The lowest BCUT2D eigenvalue weighted by Crippen LogP contribution is -1.91. The molecule has 3 aromatic rings. The van der Waals surface area contributed by atoms with E-state index in [1.54, 1.807) is 0 Å². The zero-order chi connectivity index (χ0) is 13.6. The molecule has 0 saturated carbocycles. The number of aromatic nitrogens is 3. The monoisotopic (exact) mass is 259 g/mol. The van der Waals surface area contributed by atoms with E-state index in [1.807, 2.05) is 36.4 Å². The van der Waals surface area contributed by atoms with Crippen molar-refractivity contribution in [3.63, 3.8) is 0 Å². The van der Waals surface area contributed by atoms with Crippen molar-refractivity contribution in [1.82, 2.24) is 15.0 Å². The average Bonchev–Trinajstić information content (AvgIpc) is 2.55. The summed E-state index contributed by atoms with van der Waals surface area (Å²) in [5, 5.41) is 0. The van der Waals surface area contributed by atoms with E-state index in [0.29, 0.717) is 5.82 Å². The highest BCUT2D eigenvalue weighted by Crippen LogP contribution is 2.21. The molecule has 0 aliphatic rings. The first-order valence-corrected chi connectivity index (χ1v) is 6.38. The van der Waals surface area contributed by atoms with Gasteiger partial charge >= 0.3 is 0 Å². The Bertz CT molecular complexity index is 707. The fourth-order valence-corrected chi connectivity index (χ4v) is 1.97. The van der Waals surface area contributed by atoms with Crippen LogP contribution in [0.2, 0.25) is 0 Å². The Kier molecular flexibility index (Phi) is 3.60. The molecule has 0 bridgehead atoms. The maximum absolute atomic E-state index is 4.21. The van der Waals surface area contributed by atoms with E-state index in [4.69, 9.17) is 0 Å². The molecule has 0 aliphatic carbocycles. The average molecular weight is 259 g/mol. The largest absolute Gasteiger partial charge is 0.225 e. The second-order valence-corrected chi connectivity index (χ2v) is 4.29. The van der Waals surface area contributed by atoms with E-state index in [1.165, 1.54) is 12.7 Å². The van der Waals surface area contributed by atoms with Gasteiger partial charge in [-0.1, -0.05) is 66.7 Å². The van der Waals surface area contributed by atoms with Gasteiger partial charge in [-0.25, -0.2) is 15.0 Å². The first-order chi connectivity index (χ1) is 9.93. The highest BCUT2D eigenvalue weighted by molar-refractivity contribution is 5.78. The van der Waals surface area contributed by atoms with Gasteiger partial charge in [-0.15, -0.1) is 0 Å². The fourth-order valence-electron chi connectivity index (χ4n) is 1.97. The molecule has 0 saturated heterocycles. The summed E-state index contributed by atoms with van der Waals surface area (Å²) >= 11 is 0. The smallest absolute Gasteiger partial charge is 0.163 e. The Balaban J connectivity index is 1.97. The van der Waals surface area contributed by atoms with E-state index < -0.39 is 0 Å². The highest BCUT2D eigenvalue weighted by Gasteiger charge is 2.03. The van der Waals surface area contributed by atoms with Crippen LogP contribution in [-0.4, -0.2) is 15.0 Å². The summed E-state index contributed by atoms with van der Waals surface area (Å²) in [6, 6.07) is 18.3. The van der Waals surface area contributed by atoms with E-state index in [9.17, 15) is 0 Å². The summed E-state index contributed by atoms with van der Waals surface area (Å²) in [4.78, 5) is 12.3. The van der Waals surface area contributed by atoms with Crippen LogP contribution in [0.1, 0.15) is 11.1 Å². The fraction of sp³-hybridized carbons (Fsp3) is 0. The molecule has 20 heavy (non-hydrogen) atoms. The predicted octanol–water partition coefficient (Wildman–Crippen LogP) is 3.71. The number of hydrogen-bond donors (Lipinski definition) is 0. The minimum atomic E-state index is 0.688. The molecule has 0 spiro atoms. The Hall–Kier alpha value is -2.81. The predicted molar refractivity (Wildman–Crippen MR) is 80.6 cm³/mol. The van der Waals surface area contributed by atoms with Crippen LogP contribution >= 0.6 is 0 Å². The van der Waals surface area contributed by atoms with E-state index in [2.05, 4.69) is 45.3 Å². The van der Waals surface area contributed by atoms with Crippen LogP contribution in [0.3, 0.4) is 0 Å². The summed E-state index contributed by atoms with van der Waals surface area (Å²) < 4.78 is 0.